The first kappa shape index (κ1) is 9.20. The normalized spacial score (nSPS) is 23.7. The molecule has 12 heavy (non-hydrogen) atoms. The summed E-state index contributed by atoms with van der Waals surface area (Å²) in [6, 6.07) is 0. The Hall–Kier alpha value is -0.890. The van der Waals surface area contributed by atoms with Crippen LogP contribution in [-0.2, 0) is 4.79 Å². The van der Waals surface area contributed by atoms with E-state index in [-0.39, 0.29) is 12.2 Å². The molecule has 0 saturated carbocycles. The Labute approximate surface area is 72.6 Å². The number of allylic oxidation sites excluding steroid dienone is 3. The zero-order valence-electron chi connectivity index (χ0n) is 7.29. The summed E-state index contributed by atoms with van der Waals surface area (Å²) in [4.78, 5) is 11.1. The molecule has 66 valence electrons. The summed E-state index contributed by atoms with van der Waals surface area (Å²) < 4.78 is 0. The molecule has 0 aliphatic heterocycles. The number of carbonyl (C=O) groups is 1. The fourth-order valence-corrected chi connectivity index (χ4v) is 1.26. The third kappa shape index (κ3) is 2.31. The third-order valence-electron chi connectivity index (χ3n) is 1.89. The third-order valence-corrected chi connectivity index (χ3v) is 1.89. The maximum Gasteiger partial charge on any atom is 0.161 e. The summed E-state index contributed by atoms with van der Waals surface area (Å²) in [7, 11) is 0. The fourth-order valence-electron chi connectivity index (χ4n) is 1.26. The van der Waals surface area contributed by atoms with Gasteiger partial charge in [0, 0.05) is 6.42 Å². The van der Waals surface area contributed by atoms with Crippen LogP contribution >= 0.6 is 0 Å². The van der Waals surface area contributed by atoms with Crippen LogP contribution in [0.2, 0.25) is 0 Å². The Morgan fingerprint density at radius 2 is 2.42 bits per heavy atom. The molecule has 0 aromatic carbocycles. The molecular weight excluding hydrogens is 152 g/mol. The van der Waals surface area contributed by atoms with Crippen LogP contribution in [0, 0.1) is 0 Å². The van der Waals surface area contributed by atoms with E-state index in [2.05, 4.69) is 6.92 Å². The van der Waals surface area contributed by atoms with Crippen LogP contribution in [0.1, 0.15) is 26.2 Å². The first-order chi connectivity index (χ1) is 5.74. The second-order valence-electron chi connectivity index (χ2n) is 2.97. The number of carbonyl (C=O) groups excluding carboxylic acids is 1. The lowest BCUT2D eigenvalue weighted by atomic mass is 10.1. The van der Waals surface area contributed by atoms with Gasteiger partial charge in [-0.05, 0) is 24.5 Å². The molecule has 0 heterocycles. The van der Waals surface area contributed by atoms with E-state index in [4.69, 9.17) is 5.11 Å². The van der Waals surface area contributed by atoms with Crippen molar-refractivity contribution in [3.05, 3.63) is 23.8 Å². The Balaban J connectivity index is 2.47. The van der Waals surface area contributed by atoms with Gasteiger partial charge in [0.2, 0.25) is 0 Å². The number of aliphatic hydroxyl groups is 1. The zero-order chi connectivity index (χ0) is 8.97. The molecule has 0 spiro atoms. The van der Waals surface area contributed by atoms with Crippen molar-refractivity contribution in [1.29, 1.82) is 0 Å². The molecule has 1 unspecified atom stereocenters. The highest BCUT2D eigenvalue weighted by Gasteiger charge is 2.20. The number of hydrogen-bond donors (Lipinski definition) is 1. The minimum absolute atomic E-state index is 0.0863. The lowest BCUT2D eigenvalue weighted by Gasteiger charge is -1.92. The van der Waals surface area contributed by atoms with Crippen LogP contribution < -0.4 is 0 Å². The van der Waals surface area contributed by atoms with Gasteiger partial charge in [0.25, 0.3) is 0 Å². The second kappa shape index (κ2) is 4.21. The molecule has 1 aliphatic rings. The van der Waals surface area contributed by atoms with Gasteiger partial charge in [-0.2, -0.15) is 0 Å². The minimum atomic E-state index is -0.539. The summed E-state index contributed by atoms with van der Waals surface area (Å²) in [5, 5.41) is 9.11. The highest BCUT2D eigenvalue weighted by Crippen LogP contribution is 2.17. The van der Waals surface area contributed by atoms with Crippen molar-refractivity contribution in [1.82, 2.24) is 0 Å². The van der Waals surface area contributed by atoms with Crippen LogP contribution in [0.4, 0.5) is 0 Å². The van der Waals surface area contributed by atoms with Gasteiger partial charge in [0.05, 0.1) is 6.10 Å². The summed E-state index contributed by atoms with van der Waals surface area (Å²) in [6.07, 6.45) is 7.05. The van der Waals surface area contributed by atoms with E-state index in [0.29, 0.717) is 6.42 Å². The highest BCUT2D eigenvalue weighted by atomic mass is 16.3. The van der Waals surface area contributed by atoms with E-state index in [1.54, 1.807) is 6.08 Å². The summed E-state index contributed by atoms with van der Waals surface area (Å²) in [5.41, 5.74) is 0.757. The van der Waals surface area contributed by atoms with E-state index in [0.717, 1.165) is 12.0 Å². The van der Waals surface area contributed by atoms with Crippen LogP contribution in [0.3, 0.4) is 0 Å². The van der Waals surface area contributed by atoms with Crippen LogP contribution in [0.25, 0.3) is 0 Å². The van der Waals surface area contributed by atoms with Crippen molar-refractivity contribution in [2.24, 2.45) is 0 Å². The first-order valence-corrected chi connectivity index (χ1v) is 4.31. The molecule has 0 aromatic rings. The average Bonchev–Trinajstić information content (AvgIpc) is 2.31. The van der Waals surface area contributed by atoms with Gasteiger partial charge in [0.1, 0.15) is 0 Å². The van der Waals surface area contributed by atoms with Crippen molar-refractivity contribution < 1.29 is 9.90 Å². The predicted molar refractivity (Wildman–Crippen MR) is 47.8 cm³/mol. The van der Waals surface area contributed by atoms with Gasteiger partial charge in [0.15, 0.2) is 5.78 Å². The van der Waals surface area contributed by atoms with E-state index in [1.807, 2.05) is 12.2 Å². The number of Topliss-reactive ketones (excluding diaryl/α,β-unsaturated/α-hetero) is 1. The quantitative estimate of drug-likeness (QED) is 0.646. The maximum atomic E-state index is 11.1. The topological polar surface area (TPSA) is 37.3 Å². The lowest BCUT2D eigenvalue weighted by Crippen LogP contribution is -2.00. The standard InChI is InChI=1S/C10H14O2/c1-2-3-4-5-8-6-9(11)7-10(8)12/h3-4,6,9,11H,2,5,7H2,1H3. The summed E-state index contributed by atoms with van der Waals surface area (Å²) >= 11 is 0. The van der Waals surface area contributed by atoms with Crippen molar-refractivity contribution >= 4 is 5.78 Å². The number of rotatable bonds is 3. The van der Waals surface area contributed by atoms with Gasteiger partial charge < -0.3 is 5.11 Å². The van der Waals surface area contributed by atoms with Crippen molar-refractivity contribution in [2.75, 3.05) is 0 Å². The van der Waals surface area contributed by atoms with Crippen LogP contribution in [-0.4, -0.2) is 17.0 Å². The smallest absolute Gasteiger partial charge is 0.161 e. The van der Waals surface area contributed by atoms with E-state index >= 15 is 0 Å². The Bertz CT molecular complexity index is 226. The highest BCUT2D eigenvalue weighted by molar-refractivity contribution is 5.98. The second-order valence-corrected chi connectivity index (χ2v) is 2.97. The van der Waals surface area contributed by atoms with E-state index in [1.165, 1.54) is 0 Å². The maximum absolute atomic E-state index is 11.1. The summed E-state index contributed by atoms with van der Waals surface area (Å²) in [5.74, 6) is 0.0863. The van der Waals surface area contributed by atoms with Gasteiger partial charge in [-0.15, -0.1) is 0 Å². The molecule has 1 N–H and O–H groups in total. The Morgan fingerprint density at radius 1 is 1.67 bits per heavy atom. The molecule has 1 rings (SSSR count). The van der Waals surface area contributed by atoms with E-state index in [9.17, 15) is 4.79 Å². The molecule has 1 atom stereocenters. The van der Waals surface area contributed by atoms with E-state index < -0.39 is 6.10 Å². The molecule has 0 radical (unpaired) electrons. The monoisotopic (exact) mass is 166 g/mol. The fraction of sp³-hybridized carbons (Fsp3) is 0.500. The van der Waals surface area contributed by atoms with Crippen molar-refractivity contribution in [3.63, 3.8) is 0 Å². The molecule has 1 aliphatic carbocycles. The number of hydrogen-bond acceptors (Lipinski definition) is 2. The van der Waals surface area contributed by atoms with Crippen molar-refractivity contribution in [2.45, 2.75) is 32.3 Å². The molecule has 0 saturated heterocycles. The predicted octanol–water partition coefficient (Wildman–Crippen LogP) is 1.60. The van der Waals surface area contributed by atoms with Gasteiger partial charge in [-0.3, -0.25) is 4.79 Å². The molecule has 0 fully saturated rings. The Kier molecular flexibility index (Phi) is 3.23. The average molecular weight is 166 g/mol. The SMILES string of the molecule is CCC=CCC1=CC(O)CC1=O. The number of aliphatic hydroxyl groups excluding tert-OH is 1. The minimum Gasteiger partial charge on any atom is -0.389 e. The molecule has 2 heteroatoms. The molecule has 0 aromatic heterocycles. The van der Waals surface area contributed by atoms with Crippen molar-refractivity contribution in [3.8, 4) is 0 Å². The van der Waals surface area contributed by atoms with Gasteiger partial charge in [-0.25, -0.2) is 0 Å². The number of ketones is 1. The molecule has 0 amide bonds. The molecule has 0 bridgehead atoms. The van der Waals surface area contributed by atoms with Gasteiger partial charge >= 0.3 is 0 Å². The largest absolute Gasteiger partial charge is 0.389 e. The van der Waals surface area contributed by atoms with Crippen LogP contribution in [0.15, 0.2) is 23.8 Å². The zero-order valence-corrected chi connectivity index (χ0v) is 7.29. The molecule has 2 nitrogen and oxygen atoms in total. The summed E-state index contributed by atoms with van der Waals surface area (Å²) in [6.45, 7) is 2.05. The lowest BCUT2D eigenvalue weighted by molar-refractivity contribution is -0.115. The van der Waals surface area contributed by atoms with Crippen LogP contribution in [0.5, 0.6) is 0 Å². The van der Waals surface area contributed by atoms with Gasteiger partial charge in [-0.1, -0.05) is 19.1 Å². The Morgan fingerprint density at radius 3 is 2.92 bits per heavy atom. The molecular formula is C10H14O2. The first-order valence-electron chi connectivity index (χ1n) is 4.31.